The van der Waals surface area contributed by atoms with Crippen LogP contribution in [-0.2, 0) is 14.2 Å². The van der Waals surface area contributed by atoms with Crippen LogP contribution in [0, 0.1) is 45.1 Å². The summed E-state index contributed by atoms with van der Waals surface area (Å²) in [5.41, 5.74) is 12.8. The predicted octanol–water partition coefficient (Wildman–Crippen LogP) is 20.4. The van der Waals surface area contributed by atoms with Gasteiger partial charge in [0.05, 0.1) is 122 Å². The molecule has 3 fully saturated rings. The summed E-state index contributed by atoms with van der Waals surface area (Å²) >= 11 is 4.27. The van der Waals surface area contributed by atoms with Gasteiger partial charge in [0, 0.05) is 76.9 Å². The third kappa shape index (κ3) is 19.3. The lowest BCUT2D eigenvalue weighted by molar-refractivity contribution is -0.00451. The summed E-state index contributed by atoms with van der Waals surface area (Å²) in [5.74, 6) is 0.637. The van der Waals surface area contributed by atoms with Crippen molar-refractivity contribution in [2.75, 3.05) is 37.3 Å². The molecule has 121 heavy (non-hydrogen) atoms. The highest BCUT2D eigenvalue weighted by Crippen LogP contribution is 2.43. The van der Waals surface area contributed by atoms with Gasteiger partial charge in [-0.15, -0.1) is 34.0 Å². The van der Waals surface area contributed by atoms with Gasteiger partial charge >= 0.3 is 18.3 Å². The van der Waals surface area contributed by atoms with Crippen LogP contribution in [0.4, 0.5) is 44.6 Å². The monoisotopic (exact) mass is 1690 g/mol. The second-order valence-electron chi connectivity index (χ2n) is 29.2. The highest BCUT2D eigenvalue weighted by atomic mass is 32.1. The van der Waals surface area contributed by atoms with Crippen LogP contribution >= 0.6 is 34.0 Å². The van der Waals surface area contributed by atoms with E-state index in [0.29, 0.717) is 144 Å². The van der Waals surface area contributed by atoms with E-state index in [4.69, 9.17) is 57.6 Å². The first-order chi connectivity index (χ1) is 58.8. The lowest BCUT2D eigenvalue weighted by atomic mass is 9.94. The molecular weight excluding hydrogens is 1610 g/mol. The van der Waals surface area contributed by atoms with Crippen molar-refractivity contribution in [1.82, 2.24) is 59.8 Å². The Morgan fingerprint density at radius 2 is 0.686 bits per heavy atom. The molecule has 27 nitrogen and oxygen atoms in total. The van der Waals surface area contributed by atoms with Gasteiger partial charge in [0.15, 0.2) is 34.7 Å². The summed E-state index contributed by atoms with van der Waals surface area (Å²) in [6, 6.07) is 33.4. The van der Waals surface area contributed by atoms with E-state index in [2.05, 4.69) is 60.8 Å². The lowest BCUT2D eigenvalue weighted by Crippen LogP contribution is -2.39. The van der Waals surface area contributed by atoms with Crippen molar-refractivity contribution in [2.24, 2.45) is 0 Å². The molecule has 0 unspecified atom stereocenters. The van der Waals surface area contributed by atoms with Crippen LogP contribution < -0.4 is 44.4 Å². The smallest absolute Gasteiger partial charge is 0.412 e. The van der Waals surface area contributed by atoms with Crippen LogP contribution in [0.2, 0.25) is 0 Å². The second-order valence-corrected chi connectivity index (χ2v) is 32.3. The number of amides is 3. The SMILES string of the molecule is COc1cnc2c(-c3nc4cc(F)c(O[C@@H]5CCCC[C@@H]5OC(=O)Nc5ccccc5)cc4s3)cc(C)cc2n1.COc1cnc2c(-c3nc4cc(F)c(O[C@@H]5CCCC[C@@H]5OC(=O)Nc5ccncc5)cc4s3)cc(C)cc2n1.COc1cnc2c(-c3nc4cc(F)c(O[C@@H]5CCCC[C@H]5OC(=O)Nc5cnc(C)nc5)cc4s3)cc(C)cc2n1. The number of thiazole rings is 3. The van der Waals surface area contributed by atoms with Gasteiger partial charge in [0.2, 0.25) is 17.6 Å². The molecular formula is C88H80F3N15O12S3. The van der Waals surface area contributed by atoms with Crippen LogP contribution in [0.5, 0.6) is 34.9 Å². The number of aryl methyl sites for hydroxylation is 4. The molecule has 8 aromatic heterocycles. The molecule has 0 aliphatic heterocycles. The summed E-state index contributed by atoms with van der Waals surface area (Å²) in [4.78, 5) is 90.9. The summed E-state index contributed by atoms with van der Waals surface area (Å²) < 4.78 is 99.3. The average molecular weight is 1690 g/mol. The van der Waals surface area contributed by atoms with Crippen LogP contribution in [0.15, 0.2) is 159 Å². The normalized spacial score (nSPS) is 17.0. The zero-order valence-corrected chi connectivity index (χ0v) is 69.0. The standard InChI is InChI=1S/C30H27FN4O4S.C29H27FN6O4S.C29H26FN5O4S/c1-17-12-19(28-22(13-17)34-27(37-2)16-32-28)29-35-21-14-20(31)25(15-26(21)40-29)38-23-10-6-7-11-24(23)39-30(36)33-18-8-4-3-5-9-18;1-15-8-18(27-21(9-15)35-26(38-3)14-33-27)28-36-20-10-19(30)24(11-25(20)41-28)39-22-6-4-5-7-23(22)40-29(37)34-17-12-31-16(2)32-13-17;1-16-11-18(27-21(12-16)34-26(37-2)15-32-27)28-35-20-13-19(30)24(14-25(20)40-28)38-22-5-3-4-6-23(22)39-29(36)33-17-7-9-31-10-8-17/h3-5,8-9,12-16,23-24H,6-7,10-11H2,1-2H3,(H,33,36);8-14,22-23H,4-7H2,1-3H3,(H,34,37);7-15,22-23H,3-6H2,1-2H3,(H,31,33,36)/t23-,24+;22-,23-;22-,23+/m111/s1. The minimum Gasteiger partial charge on any atom is -0.483 e. The van der Waals surface area contributed by atoms with Gasteiger partial charge in [-0.25, -0.2) is 82.4 Å². The molecule has 0 bridgehead atoms. The lowest BCUT2D eigenvalue weighted by Gasteiger charge is -2.31. The second kappa shape index (κ2) is 36.6. The molecule has 8 heterocycles. The highest BCUT2D eigenvalue weighted by Gasteiger charge is 2.35. The summed E-state index contributed by atoms with van der Waals surface area (Å²) in [6.07, 6.45) is 15.4. The fraction of sp³-hybridized carbons (Fsp3) is 0.284. The molecule has 618 valence electrons. The molecule has 33 heteroatoms. The molecule has 0 radical (unpaired) electrons. The fourth-order valence-corrected chi connectivity index (χ4v) is 17.7. The molecule has 6 atom stereocenters. The number of carbonyl (C=O) groups excluding carboxylic acids is 3. The maximum Gasteiger partial charge on any atom is 0.412 e. The molecule has 15 aromatic rings. The maximum atomic E-state index is 15.3. The largest absolute Gasteiger partial charge is 0.483 e. The number of methoxy groups -OCH3 is 3. The number of para-hydroxylation sites is 1. The molecule has 7 aromatic carbocycles. The van der Waals surface area contributed by atoms with Gasteiger partial charge in [0.25, 0.3) is 0 Å². The van der Waals surface area contributed by atoms with Crippen molar-refractivity contribution in [2.45, 2.75) is 141 Å². The number of hydrogen-bond donors (Lipinski definition) is 3. The molecule has 18 rings (SSSR count). The van der Waals surface area contributed by atoms with Crippen molar-refractivity contribution in [3.63, 3.8) is 0 Å². The number of benzene rings is 7. The maximum absolute atomic E-state index is 15.3. The van der Waals surface area contributed by atoms with Gasteiger partial charge in [0.1, 0.15) is 57.5 Å². The van der Waals surface area contributed by atoms with Crippen molar-refractivity contribution in [3.8, 4) is 66.6 Å². The first-order valence-electron chi connectivity index (χ1n) is 39.2. The number of ether oxygens (including phenoxy) is 9. The van der Waals surface area contributed by atoms with Gasteiger partial charge in [-0.2, -0.15) is 0 Å². The number of anilines is 3. The quantitative estimate of drug-likeness (QED) is 0.0672. The third-order valence-electron chi connectivity index (χ3n) is 20.5. The van der Waals surface area contributed by atoms with Crippen molar-refractivity contribution >= 4 is 133 Å². The number of nitrogens with zero attached hydrogens (tertiary/aromatic N) is 12. The summed E-state index contributed by atoms with van der Waals surface area (Å²) in [7, 11) is 4.65. The first kappa shape index (κ1) is 81.6. The van der Waals surface area contributed by atoms with E-state index in [9.17, 15) is 14.4 Å². The Balaban J connectivity index is 0.000000135. The van der Waals surface area contributed by atoms with Crippen LogP contribution in [0.3, 0.4) is 0 Å². The van der Waals surface area contributed by atoms with E-state index in [1.54, 1.807) is 102 Å². The molecule has 3 amide bonds. The van der Waals surface area contributed by atoms with Crippen LogP contribution in [-0.4, -0.2) is 136 Å². The Kier molecular flexibility index (Phi) is 24.7. The first-order valence-corrected chi connectivity index (χ1v) is 41.7. The molecule has 3 saturated carbocycles. The minimum absolute atomic E-state index is 0.0965. The van der Waals surface area contributed by atoms with Crippen molar-refractivity contribution < 1.29 is 70.2 Å². The number of aromatic nitrogens is 12. The molecule has 0 saturated heterocycles. The van der Waals surface area contributed by atoms with E-state index in [1.807, 2.05) is 75.4 Å². The van der Waals surface area contributed by atoms with Crippen LogP contribution in [0.1, 0.15) is 99.6 Å². The Morgan fingerprint density at radius 3 is 1.02 bits per heavy atom. The summed E-state index contributed by atoms with van der Waals surface area (Å²) in [6.45, 7) is 7.68. The van der Waals surface area contributed by atoms with E-state index in [-0.39, 0.29) is 17.2 Å². The average Bonchev–Trinajstić information content (AvgIpc) is 1.59. The number of fused-ring (bicyclic) bond motifs is 6. The molecule has 3 aliphatic carbocycles. The Morgan fingerprint density at radius 1 is 0.364 bits per heavy atom. The Hall–Kier alpha value is -13.1. The zero-order chi connectivity index (χ0) is 83.8. The van der Waals surface area contributed by atoms with E-state index < -0.39 is 72.4 Å². The zero-order valence-electron chi connectivity index (χ0n) is 66.6. The van der Waals surface area contributed by atoms with Crippen molar-refractivity contribution in [1.29, 1.82) is 0 Å². The van der Waals surface area contributed by atoms with Gasteiger partial charge in [-0.05, 0) is 182 Å². The van der Waals surface area contributed by atoms with Gasteiger partial charge in [-0.1, -0.05) is 18.2 Å². The Labute approximate surface area is 702 Å². The van der Waals surface area contributed by atoms with Crippen molar-refractivity contribution in [3.05, 3.63) is 199 Å². The Bertz CT molecular complexity index is 6090. The minimum atomic E-state index is -0.632. The highest BCUT2D eigenvalue weighted by molar-refractivity contribution is 7.22. The van der Waals surface area contributed by atoms with Crippen LogP contribution in [0.25, 0.3) is 95.5 Å². The summed E-state index contributed by atoms with van der Waals surface area (Å²) in [5, 5.41) is 10.2. The number of carbonyl (C=O) groups is 3. The number of pyridine rings is 1. The van der Waals surface area contributed by atoms with E-state index in [1.165, 1.54) is 64.6 Å². The van der Waals surface area contributed by atoms with E-state index >= 15 is 13.2 Å². The molecule has 3 aliphatic rings. The number of rotatable bonds is 18. The van der Waals surface area contributed by atoms with E-state index in [0.717, 1.165) is 86.0 Å². The molecule has 0 spiro atoms. The predicted molar refractivity (Wildman–Crippen MR) is 456 cm³/mol. The fourth-order valence-electron chi connectivity index (χ4n) is 14.7. The number of nitrogens with one attached hydrogen (secondary N) is 3. The third-order valence-corrected chi connectivity index (χ3v) is 23.6. The van der Waals surface area contributed by atoms with Gasteiger partial charge < -0.3 is 42.6 Å². The number of hydrogen-bond acceptors (Lipinski definition) is 27. The van der Waals surface area contributed by atoms with Gasteiger partial charge in [-0.3, -0.25) is 20.9 Å². The topological polar surface area (TPSA) is 325 Å². The molecule has 3 N–H and O–H groups in total. The number of halogens is 3.